The van der Waals surface area contributed by atoms with Crippen molar-refractivity contribution in [3.05, 3.63) is 63.1 Å². The summed E-state index contributed by atoms with van der Waals surface area (Å²) >= 11 is 3.54. The molecule has 0 aromatic heterocycles. The second-order valence-electron chi connectivity index (χ2n) is 7.21. The number of nitrogens with zero attached hydrogens (tertiary/aromatic N) is 1. The van der Waals surface area contributed by atoms with Crippen LogP contribution in [0.15, 0.2) is 40.9 Å². The van der Waals surface area contributed by atoms with Crippen molar-refractivity contribution in [3.8, 4) is 5.75 Å². The number of ether oxygens (including phenoxy) is 1. The zero-order valence-corrected chi connectivity index (χ0v) is 19.3. The molecule has 0 radical (unpaired) electrons. The van der Waals surface area contributed by atoms with Gasteiger partial charge in [-0.2, -0.15) is 0 Å². The number of likely N-dealkylation sites (N-methyl/N-ethyl adjacent to an activating group) is 1. The average molecular weight is 461 g/mol. The smallest absolute Gasteiger partial charge is 0.261 e. The van der Waals surface area contributed by atoms with Crippen molar-refractivity contribution in [2.45, 2.75) is 46.7 Å². The van der Waals surface area contributed by atoms with E-state index in [1.54, 1.807) is 11.9 Å². The maximum absolute atomic E-state index is 13.1. The van der Waals surface area contributed by atoms with Gasteiger partial charge in [-0.05, 0) is 56.0 Å². The molecule has 1 N–H and O–H groups in total. The van der Waals surface area contributed by atoms with Crippen LogP contribution in [0.3, 0.4) is 0 Å². The number of carbonyl (C=O) groups excluding carboxylic acids is 2. The third-order valence-corrected chi connectivity index (χ3v) is 6.09. The minimum Gasteiger partial charge on any atom is -0.484 e. The van der Waals surface area contributed by atoms with Crippen molar-refractivity contribution in [3.63, 3.8) is 0 Å². The summed E-state index contributed by atoms with van der Waals surface area (Å²) in [6.07, 6.45) is 0.522. The predicted octanol–water partition coefficient (Wildman–Crippen LogP) is 4.31. The Morgan fingerprint density at radius 3 is 2.34 bits per heavy atom. The molecule has 0 bridgehead atoms. The maximum Gasteiger partial charge on any atom is 0.261 e. The second-order valence-corrected chi connectivity index (χ2v) is 8.00. The molecule has 1 atom stereocenters. The number of aryl methyl sites for hydroxylation is 3. The zero-order valence-electron chi connectivity index (χ0n) is 17.7. The van der Waals surface area contributed by atoms with Crippen molar-refractivity contribution >= 4 is 27.7 Å². The van der Waals surface area contributed by atoms with E-state index < -0.39 is 6.04 Å². The Morgan fingerprint density at radius 1 is 1.14 bits per heavy atom. The summed E-state index contributed by atoms with van der Waals surface area (Å²) in [4.78, 5) is 27.1. The van der Waals surface area contributed by atoms with Gasteiger partial charge in [-0.3, -0.25) is 9.59 Å². The van der Waals surface area contributed by atoms with Crippen LogP contribution >= 0.6 is 15.9 Å². The Balaban J connectivity index is 2.22. The van der Waals surface area contributed by atoms with Crippen LogP contribution in [-0.2, 0) is 16.1 Å². The Kier molecular flexibility index (Phi) is 8.26. The van der Waals surface area contributed by atoms with Gasteiger partial charge < -0.3 is 15.0 Å². The van der Waals surface area contributed by atoms with E-state index in [2.05, 4.69) is 21.2 Å². The Labute approximate surface area is 181 Å². The van der Waals surface area contributed by atoms with Gasteiger partial charge in [-0.1, -0.05) is 52.7 Å². The molecule has 6 heteroatoms. The lowest BCUT2D eigenvalue weighted by atomic mass is 10.1. The zero-order chi connectivity index (χ0) is 21.6. The predicted molar refractivity (Wildman–Crippen MR) is 119 cm³/mol. The molecule has 0 aliphatic rings. The molecule has 5 nitrogen and oxygen atoms in total. The van der Waals surface area contributed by atoms with Crippen LogP contribution in [-0.4, -0.2) is 36.4 Å². The van der Waals surface area contributed by atoms with Gasteiger partial charge in [0.05, 0.1) is 0 Å². The number of nitrogens with one attached hydrogen (secondary N) is 1. The van der Waals surface area contributed by atoms with E-state index in [0.717, 1.165) is 26.7 Å². The first-order valence-electron chi connectivity index (χ1n) is 9.73. The van der Waals surface area contributed by atoms with Crippen LogP contribution in [0.4, 0.5) is 0 Å². The van der Waals surface area contributed by atoms with E-state index in [4.69, 9.17) is 4.74 Å². The van der Waals surface area contributed by atoms with E-state index in [-0.39, 0.29) is 18.4 Å². The summed E-state index contributed by atoms with van der Waals surface area (Å²) in [5.74, 6) is 0.240. The van der Waals surface area contributed by atoms with Crippen molar-refractivity contribution < 1.29 is 14.3 Å². The quantitative estimate of drug-likeness (QED) is 0.638. The molecule has 0 fully saturated rings. The van der Waals surface area contributed by atoms with Crippen LogP contribution in [0.5, 0.6) is 5.75 Å². The molecular weight excluding hydrogens is 432 g/mol. The number of amides is 2. The first-order valence-corrected chi connectivity index (χ1v) is 10.5. The number of halogens is 1. The normalized spacial score (nSPS) is 11.7. The van der Waals surface area contributed by atoms with Crippen molar-refractivity contribution in [1.82, 2.24) is 10.2 Å². The Hall–Kier alpha value is -2.34. The van der Waals surface area contributed by atoms with E-state index >= 15 is 0 Å². The molecule has 2 aromatic carbocycles. The molecule has 29 heavy (non-hydrogen) atoms. The molecule has 0 heterocycles. The van der Waals surface area contributed by atoms with E-state index in [9.17, 15) is 9.59 Å². The number of carbonyl (C=O) groups is 2. The summed E-state index contributed by atoms with van der Waals surface area (Å²) in [5.41, 5.74) is 4.18. The van der Waals surface area contributed by atoms with Crippen LogP contribution in [0.2, 0.25) is 0 Å². The fraction of sp³-hybridized carbons (Fsp3) is 0.391. The van der Waals surface area contributed by atoms with E-state index in [1.165, 1.54) is 0 Å². The van der Waals surface area contributed by atoms with Gasteiger partial charge >= 0.3 is 0 Å². The molecule has 0 saturated carbocycles. The van der Waals surface area contributed by atoms with Crippen LogP contribution in [0.1, 0.15) is 35.6 Å². The van der Waals surface area contributed by atoms with Gasteiger partial charge in [-0.15, -0.1) is 0 Å². The third kappa shape index (κ3) is 6.07. The van der Waals surface area contributed by atoms with Gasteiger partial charge in [0, 0.05) is 18.1 Å². The lowest BCUT2D eigenvalue weighted by molar-refractivity contribution is -0.142. The minimum atomic E-state index is -0.551. The number of hydrogen-bond acceptors (Lipinski definition) is 3. The van der Waals surface area contributed by atoms with Gasteiger partial charge in [0.1, 0.15) is 11.8 Å². The first-order chi connectivity index (χ1) is 13.8. The Morgan fingerprint density at radius 2 is 1.79 bits per heavy atom. The Bertz CT molecular complexity index is 859. The molecular formula is C23H29BrN2O3. The number of hydrogen-bond donors (Lipinski definition) is 1. The summed E-state index contributed by atoms with van der Waals surface area (Å²) in [6.45, 7) is 8.10. The van der Waals surface area contributed by atoms with E-state index in [1.807, 2.05) is 64.1 Å². The molecule has 0 aliphatic heterocycles. The summed E-state index contributed by atoms with van der Waals surface area (Å²) in [6, 6.07) is 11.2. The summed E-state index contributed by atoms with van der Waals surface area (Å²) < 4.78 is 6.82. The number of benzene rings is 2. The molecule has 156 valence electrons. The average Bonchev–Trinajstić information content (AvgIpc) is 2.69. The van der Waals surface area contributed by atoms with Crippen LogP contribution in [0, 0.1) is 20.8 Å². The first kappa shape index (κ1) is 22.9. The highest BCUT2D eigenvalue weighted by Gasteiger charge is 2.28. The van der Waals surface area contributed by atoms with E-state index in [0.29, 0.717) is 18.7 Å². The van der Waals surface area contributed by atoms with Crippen LogP contribution < -0.4 is 10.1 Å². The SMILES string of the molecule is CCC(C(=O)NC)N(Cc1cccc(C)c1)C(=O)COc1cc(C)c(Br)c(C)c1. The van der Waals surface area contributed by atoms with Crippen molar-refractivity contribution in [2.24, 2.45) is 0 Å². The van der Waals surface area contributed by atoms with Gasteiger partial charge in [-0.25, -0.2) is 0 Å². The fourth-order valence-corrected chi connectivity index (χ4v) is 3.54. The van der Waals surface area contributed by atoms with Crippen molar-refractivity contribution in [2.75, 3.05) is 13.7 Å². The molecule has 2 rings (SSSR count). The molecule has 1 unspecified atom stereocenters. The lowest BCUT2D eigenvalue weighted by Gasteiger charge is -2.30. The van der Waals surface area contributed by atoms with Crippen LogP contribution in [0.25, 0.3) is 0 Å². The highest BCUT2D eigenvalue weighted by atomic mass is 79.9. The molecule has 0 spiro atoms. The highest BCUT2D eigenvalue weighted by Crippen LogP contribution is 2.26. The molecule has 2 aromatic rings. The summed E-state index contributed by atoms with van der Waals surface area (Å²) in [5, 5.41) is 2.66. The third-order valence-electron chi connectivity index (χ3n) is 4.84. The number of rotatable bonds is 8. The largest absolute Gasteiger partial charge is 0.484 e. The highest BCUT2D eigenvalue weighted by molar-refractivity contribution is 9.10. The molecule has 0 aliphatic carbocycles. The van der Waals surface area contributed by atoms with Gasteiger partial charge in [0.2, 0.25) is 5.91 Å². The monoisotopic (exact) mass is 460 g/mol. The fourth-order valence-electron chi connectivity index (χ4n) is 3.31. The molecule has 0 saturated heterocycles. The summed E-state index contributed by atoms with van der Waals surface area (Å²) in [7, 11) is 1.59. The van der Waals surface area contributed by atoms with Crippen molar-refractivity contribution in [1.29, 1.82) is 0 Å². The second kappa shape index (κ2) is 10.4. The standard InChI is InChI=1S/C23H29BrN2O3/c1-6-20(23(28)25-5)26(13-18-9-7-8-15(2)10-18)21(27)14-29-19-11-16(3)22(24)17(4)12-19/h7-12,20H,6,13-14H2,1-5H3,(H,25,28). The lowest BCUT2D eigenvalue weighted by Crippen LogP contribution is -2.49. The molecule has 2 amide bonds. The van der Waals surface area contributed by atoms with Gasteiger partial charge in [0.15, 0.2) is 6.61 Å². The topological polar surface area (TPSA) is 58.6 Å². The van der Waals surface area contributed by atoms with Gasteiger partial charge in [0.25, 0.3) is 5.91 Å². The minimum absolute atomic E-state index is 0.125. The maximum atomic E-state index is 13.1.